The third-order valence-corrected chi connectivity index (χ3v) is 6.91. The summed E-state index contributed by atoms with van der Waals surface area (Å²) < 4.78 is 0. The molecule has 2 aromatic carbocycles. The lowest BCUT2D eigenvalue weighted by atomic mass is 9.98. The van der Waals surface area contributed by atoms with Gasteiger partial charge in [0.2, 0.25) is 0 Å². The number of Topliss-reactive ketones (excluding diaryl/α,β-unsaturated/α-hetero) is 1. The predicted molar refractivity (Wildman–Crippen MR) is 142 cm³/mol. The van der Waals surface area contributed by atoms with E-state index < -0.39 is 0 Å². The van der Waals surface area contributed by atoms with Gasteiger partial charge in [0.05, 0.1) is 21.0 Å². The van der Waals surface area contributed by atoms with Crippen molar-refractivity contribution in [2.24, 2.45) is 0 Å². The Morgan fingerprint density at radius 1 is 0.946 bits per heavy atom. The van der Waals surface area contributed by atoms with Crippen LogP contribution in [0.3, 0.4) is 0 Å². The highest BCUT2D eigenvalue weighted by molar-refractivity contribution is 7.16. The minimum absolute atomic E-state index is 0.0922. The number of H-pyrrole nitrogens is 1. The summed E-state index contributed by atoms with van der Waals surface area (Å²) in [6.45, 7) is 3.30. The lowest BCUT2D eigenvalue weighted by molar-refractivity contribution is -0.110. The fourth-order valence-corrected chi connectivity index (χ4v) is 4.63. The summed E-state index contributed by atoms with van der Waals surface area (Å²) >= 11 is 1.13. The van der Waals surface area contributed by atoms with Crippen molar-refractivity contribution in [2.45, 2.75) is 13.8 Å². The molecule has 184 valence electrons. The molecule has 0 saturated carbocycles. The number of carbonyl (C=O) groups is 4. The SMILES string of the molecule is CC(=O)c1ccc(C(=O)Nc2ccc(C(=O)c3ccc4c(c3)/C(=C/Nc3cc(C)n[nH]3)C(=O)N4)cc2)s1. The number of nitrogens with zero attached hydrogens (tertiary/aromatic N) is 1. The molecule has 0 aliphatic carbocycles. The fraction of sp³-hybridized carbons (Fsp3) is 0.0741. The molecule has 9 nitrogen and oxygen atoms in total. The number of nitrogens with one attached hydrogen (secondary N) is 4. The van der Waals surface area contributed by atoms with Gasteiger partial charge in [-0.05, 0) is 68.4 Å². The van der Waals surface area contributed by atoms with Crippen LogP contribution in [0, 0.1) is 6.92 Å². The highest BCUT2D eigenvalue weighted by Gasteiger charge is 2.25. The van der Waals surface area contributed by atoms with E-state index in [0.717, 1.165) is 17.0 Å². The van der Waals surface area contributed by atoms with Crippen molar-refractivity contribution in [1.82, 2.24) is 10.2 Å². The average Bonchev–Trinajstić information content (AvgIpc) is 3.61. The number of hydrogen-bond acceptors (Lipinski definition) is 7. The van der Waals surface area contributed by atoms with Gasteiger partial charge in [0, 0.05) is 40.3 Å². The van der Waals surface area contributed by atoms with E-state index in [1.54, 1.807) is 66.9 Å². The van der Waals surface area contributed by atoms with Crippen molar-refractivity contribution < 1.29 is 19.2 Å². The Bertz CT molecular complexity index is 1600. The molecule has 0 atom stereocenters. The molecule has 2 aromatic heterocycles. The molecule has 0 unspecified atom stereocenters. The third-order valence-electron chi connectivity index (χ3n) is 5.72. The van der Waals surface area contributed by atoms with E-state index in [0.29, 0.717) is 49.2 Å². The largest absolute Gasteiger partial charge is 0.346 e. The van der Waals surface area contributed by atoms with E-state index in [1.807, 2.05) is 6.92 Å². The Balaban J connectivity index is 1.31. The summed E-state index contributed by atoms with van der Waals surface area (Å²) in [7, 11) is 0. The monoisotopic (exact) mass is 511 g/mol. The van der Waals surface area contributed by atoms with Gasteiger partial charge in [0.15, 0.2) is 11.6 Å². The van der Waals surface area contributed by atoms with E-state index in [1.165, 1.54) is 6.92 Å². The van der Waals surface area contributed by atoms with Gasteiger partial charge in [-0.1, -0.05) is 0 Å². The normalized spacial score (nSPS) is 13.2. The van der Waals surface area contributed by atoms with Crippen molar-refractivity contribution in [3.8, 4) is 0 Å². The first-order valence-corrected chi connectivity index (χ1v) is 12.1. The maximum atomic E-state index is 13.2. The van der Waals surface area contributed by atoms with E-state index in [4.69, 9.17) is 0 Å². The molecule has 1 aliphatic rings. The van der Waals surface area contributed by atoms with Gasteiger partial charge in [0.25, 0.3) is 11.8 Å². The number of anilines is 3. The number of amides is 2. The third kappa shape index (κ3) is 4.95. The molecule has 0 radical (unpaired) electrons. The predicted octanol–water partition coefficient (Wildman–Crippen LogP) is 4.87. The van der Waals surface area contributed by atoms with Crippen LogP contribution in [0.25, 0.3) is 5.57 Å². The number of fused-ring (bicyclic) bond motifs is 1. The summed E-state index contributed by atoms with van der Waals surface area (Å²) in [6, 6.07) is 16.6. The van der Waals surface area contributed by atoms with Gasteiger partial charge in [-0.15, -0.1) is 11.3 Å². The molecule has 5 rings (SSSR count). The summed E-state index contributed by atoms with van der Waals surface area (Å²) in [6.07, 6.45) is 1.58. The number of thiophene rings is 1. The molecule has 37 heavy (non-hydrogen) atoms. The van der Waals surface area contributed by atoms with Gasteiger partial charge < -0.3 is 16.0 Å². The summed E-state index contributed by atoms with van der Waals surface area (Å²) in [4.78, 5) is 50.5. The smallest absolute Gasteiger partial charge is 0.265 e. The Kier molecular flexibility index (Phi) is 6.24. The van der Waals surface area contributed by atoms with E-state index >= 15 is 0 Å². The first kappa shape index (κ1) is 23.9. The number of aromatic amines is 1. The van der Waals surface area contributed by atoms with Crippen LogP contribution in [0.2, 0.25) is 0 Å². The molecule has 0 spiro atoms. The Morgan fingerprint density at radius 2 is 1.68 bits per heavy atom. The van der Waals surface area contributed by atoms with Crippen LogP contribution in [0.15, 0.2) is 66.9 Å². The maximum Gasteiger partial charge on any atom is 0.265 e. The standard InChI is InChI=1S/C27H21N5O4S/c1-14-11-24(32-31-14)28-13-20-19-12-17(5-8-21(19)30-26(20)35)25(34)16-3-6-18(7-4-16)29-27(36)23-10-9-22(37-23)15(2)33/h3-13H,1-2H3,(H,29,36)(H,30,35)(H2,28,31,32)/b20-13-. The number of aromatic nitrogens is 2. The molecule has 3 heterocycles. The lowest BCUT2D eigenvalue weighted by Crippen LogP contribution is -2.10. The summed E-state index contributed by atoms with van der Waals surface area (Å²) in [5.74, 6) is -0.273. The molecule has 10 heteroatoms. The van der Waals surface area contributed by atoms with Crippen molar-refractivity contribution >= 4 is 57.5 Å². The zero-order valence-electron chi connectivity index (χ0n) is 19.8. The van der Waals surface area contributed by atoms with E-state index in [2.05, 4.69) is 26.1 Å². The quantitative estimate of drug-likeness (QED) is 0.207. The number of aryl methyl sites for hydroxylation is 1. The van der Waals surface area contributed by atoms with E-state index in [9.17, 15) is 19.2 Å². The zero-order chi connectivity index (χ0) is 26.1. The molecule has 0 fully saturated rings. The Labute approximate surface area is 215 Å². The molecule has 4 N–H and O–H groups in total. The minimum Gasteiger partial charge on any atom is -0.346 e. The number of ketones is 2. The van der Waals surface area contributed by atoms with Gasteiger partial charge >= 0.3 is 0 Å². The lowest BCUT2D eigenvalue weighted by Gasteiger charge is -2.07. The number of rotatable bonds is 7. The van der Waals surface area contributed by atoms with Gasteiger partial charge in [-0.25, -0.2) is 0 Å². The number of carbonyl (C=O) groups excluding carboxylic acids is 4. The Hall–Kier alpha value is -4.83. The van der Waals surface area contributed by atoms with Crippen LogP contribution in [-0.2, 0) is 4.79 Å². The highest BCUT2D eigenvalue weighted by atomic mass is 32.1. The molecule has 1 aliphatic heterocycles. The number of benzene rings is 2. The second-order valence-corrected chi connectivity index (χ2v) is 9.50. The molecule has 0 bridgehead atoms. The molecular weight excluding hydrogens is 490 g/mol. The van der Waals surface area contributed by atoms with Gasteiger partial charge in [0.1, 0.15) is 5.82 Å². The van der Waals surface area contributed by atoms with Crippen molar-refractivity contribution in [1.29, 1.82) is 0 Å². The first-order valence-electron chi connectivity index (χ1n) is 11.3. The number of hydrogen-bond donors (Lipinski definition) is 4. The van der Waals surface area contributed by atoms with Crippen LogP contribution < -0.4 is 16.0 Å². The summed E-state index contributed by atoms with van der Waals surface area (Å²) in [5.41, 5.74) is 3.82. The minimum atomic E-state index is -0.328. The fourth-order valence-electron chi connectivity index (χ4n) is 3.83. The first-order chi connectivity index (χ1) is 17.8. The van der Waals surface area contributed by atoms with Gasteiger partial charge in [-0.2, -0.15) is 5.10 Å². The van der Waals surface area contributed by atoms with Gasteiger partial charge in [-0.3, -0.25) is 24.3 Å². The average molecular weight is 512 g/mol. The van der Waals surface area contributed by atoms with Crippen LogP contribution in [0.5, 0.6) is 0 Å². The van der Waals surface area contributed by atoms with Crippen LogP contribution in [0.1, 0.15) is 53.4 Å². The molecule has 4 aromatic rings. The second kappa shape index (κ2) is 9.67. The molecule has 2 amide bonds. The van der Waals surface area contributed by atoms with Crippen molar-refractivity contribution in [2.75, 3.05) is 16.0 Å². The van der Waals surface area contributed by atoms with Crippen molar-refractivity contribution in [3.05, 3.63) is 99.0 Å². The van der Waals surface area contributed by atoms with Crippen molar-refractivity contribution in [3.63, 3.8) is 0 Å². The topological polar surface area (TPSA) is 133 Å². The highest BCUT2D eigenvalue weighted by Crippen LogP contribution is 2.33. The van der Waals surface area contributed by atoms with Crippen LogP contribution >= 0.6 is 11.3 Å². The molecule has 0 saturated heterocycles. The zero-order valence-corrected chi connectivity index (χ0v) is 20.7. The molecular formula is C27H21N5O4S. The summed E-state index contributed by atoms with van der Waals surface area (Å²) in [5, 5.41) is 15.5. The Morgan fingerprint density at radius 3 is 2.35 bits per heavy atom. The van der Waals surface area contributed by atoms with Crippen LogP contribution in [0.4, 0.5) is 17.2 Å². The second-order valence-electron chi connectivity index (χ2n) is 8.42. The van der Waals surface area contributed by atoms with Crippen LogP contribution in [-0.4, -0.2) is 33.6 Å². The maximum absolute atomic E-state index is 13.2. The van der Waals surface area contributed by atoms with E-state index in [-0.39, 0.29) is 23.4 Å².